The Hall–Kier alpha value is -2.73. The third-order valence-corrected chi connectivity index (χ3v) is 3.63. The van der Waals surface area contributed by atoms with Gasteiger partial charge in [-0.3, -0.25) is 19.2 Å². The fourth-order valence-electron chi connectivity index (χ4n) is 2.27. The normalized spacial score (nSPS) is 15.1. The first-order valence-electron chi connectivity index (χ1n) is 8.68. The molecule has 0 saturated carbocycles. The maximum Gasteiger partial charge on any atom is 0.326 e. The van der Waals surface area contributed by atoms with Crippen molar-refractivity contribution in [1.29, 1.82) is 0 Å². The SMILES string of the molecule is CC(C)CC(NC(=O)C(CC(N)=O)NC(=O)C(NC(=O)CN)C(C)O)C(=O)O. The molecule has 0 aliphatic carbocycles. The number of rotatable bonds is 12. The Morgan fingerprint density at radius 1 is 0.929 bits per heavy atom. The number of aliphatic hydroxyl groups excluding tert-OH is 1. The lowest BCUT2D eigenvalue weighted by Crippen LogP contribution is -2.59. The van der Waals surface area contributed by atoms with Crippen LogP contribution in [0.2, 0.25) is 0 Å². The first kappa shape index (κ1) is 25.3. The van der Waals surface area contributed by atoms with Gasteiger partial charge in [0.1, 0.15) is 18.1 Å². The first-order valence-corrected chi connectivity index (χ1v) is 8.68. The highest BCUT2D eigenvalue weighted by atomic mass is 16.4. The highest BCUT2D eigenvalue weighted by Crippen LogP contribution is 2.06. The second-order valence-electron chi connectivity index (χ2n) is 6.75. The van der Waals surface area contributed by atoms with Crippen molar-refractivity contribution in [2.24, 2.45) is 17.4 Å². The van der Waals surface area contributed by atoms with Gasteiger partial charge in [-0.2, -0.15) is 0 Å². The van der Waals surface area contributed by atoms with Gasteiger partial charge in [-0.25, -0.2) is 4.79 Å². The standard InChI is InChI=1S/C16H29N5O7/c1-7(2)4-10(16(27)28)20-14(25)9(5-11(18)23)19-15(26)13(8(3)22)21-12(24)6-17/h7-10,13,22H,4-6,17H2,1-3H3,(H2,18,23)(H,19,26)(H,20,25)(H,21,24)(H,27,28). The minimum Gasteiger partial charge on any atom is -0.480 e. The van der Waals surface area contributed by atoms with Crippen LogP contribution in [0.4, 0.5) is 0 Å². The third kappa shape index (κ3) is 9.28. The van der Waals surface area contributed by atoms with Crippen molar-refractivity contribution < 1.29 is 34.2 Å². The number of hydrogen-bond donors (Lipinski definition) is 7. The highest BCUT2D eigenvalue weighted by Gasteiger charge is 2.32. The number of primary amides is 1. The van der Waals surface area contributed by atoms with Crippen LogP contribution in [0.5, 0.6) is 0 Å². The molecule has 0 aliphatic heterocycles. The van der Waals surface area contributed by atoms with Crippen LogP contribution < -0.4 is 27.4 Å². The molecule has 0 fully saturated rings. The summed E-state index contributed by atoms with van der Waals surface area (Å²) in [5.41, 5.74) is 10.2. The summed E-state index contributed by atoms with van der Waals surface area (Å²) in [6.45, 7) is 4.32. The second kappa shape index (κ2) is 11.9. The smallest absolute Gasteiger partial charge is 0.326 e. The highest BCUT2D eigenvalue weighted by molar-refractivity contribution is 5.96. The lowest BCUT2D eigenvalue weighted by atomic mass is 10.0. The molecule has 9 N–H and O–H groups in total. The van der Waals surface area contributed by atoms with E-state index in [1.165, 1.54) is 6.92 Å². The molecule has 0 aliphatic rings. The van der Waals surface area contributed by atoms with E-state index in [4.69, 9.17) is 11.5 Å². The number of nitrogens with two attached hydrogens (primary N) is 2. The van der Waals surface area contributed by atoms with E-state index in [2.05, 4.69) is 16.0 Å². The minimum absolute atomic E-state index is 0.0447. The van der Waals surface area contributed by atoms with Crippen LogP contribution in [0.3, 0.4) is 0 Å². The minimum atomic E-state index is -1.49. The molecular weight excluding hydrogens is 374 g/mol. The Morgan fingerprint density at radius 2 is 1.46 bits per heavy atom. The van der Waals surface area contributed by atoms with Crippen molar-refractivity contribution in [3.63, 3.8) is 0 Å². The maximum absolute atomic E-state index is 12.4. The summed E-state index contributed by atoms with van der Waals surface area (Å²) in [6.07, 6.45) is -1.81. The van der Waals surface area contributed by atoms with Crippen molar-refractivity contribution >= 4 is 29.6 Å². The van der Waals surface area contributed by atoms with Crippen molar-refractivity contribution in [2.75, 3.05) is 6.54 Å². The molecule has 0 aromatic rings. The zero-order valence-electron chi connectivity index (χ0n) is 16.1. The van der Waals surface area contributed by atoms with Gasteiger partial charge in [0.15, 0.2) is 0 Å². The Balaban J connectivity index is 5.35. The molecule has 0 spiro atoms. The molecule has 160 valence electrons. The zero-order chi connectivity index (χ0) is 22.0. The van der Waals surface area contributed by atoms with E-state index in [0.717, 1.165) is 0 Å². The fraction of sp³-hybridized carbons (Fsp3) is 0.688. The van der Waals surface area contributed by atoms with Crippen molar-refractivity contribution in [3.8, 4) is 0 Å². The van der Waals surface area contributed by atoms with Crippen molar-refractivity contribution in [1.82, 2.24) is 16.0 Å². The number of hydrogen-bond acceptors (Lipinski definition) is 7. The van der Waals surface area contributed by atoms with Crippen LogP contribution in [-0.2, 0) is 24.0 Å². The Morgan fingerprint density at radius 3 is 1.86 bits per heavy atom. The van der Waals surface area contributed by atoms with Gasteiger partial charge in [-0.15, -0.1) is 0 Å². The van der Waals surface area contributed by atoms with Gasteiger partial charge in [-0.1, -0.05) is 13.8 Å². The van der Waals surface area contributed by atoms with Crippen LogP contribution in [0.15, 0.2) is 0 Å². The number of carboxylic acids is 1. The van der Waals surface area contributed by atoms with E-state index in [-0.39, 0.29) is 12.3 Å². The van der Waals surface area contributed by atoms with Crippen LogP contribution >= 0.6 is 0 Å². The number of nitrogens with one attached hydrogen (secondary N) is 3. The molecule has 0 saturated heterocycles. The van der Waals surface area contributed by atoms with Crippen molar-refractivity contribution in [2.45, 2.75) is 57.8 Å². The van der Waals surface area contributed by atoms with Gasteiger partial charge in [0, 0.05) is 0 Å². The van der Waals surface area contributed by atoms with Crippen LogP contribution in [-0.4, -0.2) is 70.6 Å². The number of aliphatic carboxylic acids is 1. The summed E-state index contributed by atoms with van der Waals surface area (Å²) in [4.78, 5) is 58.7. The van der Waals surface area contributed by atoms with E-state index in [9.17, 15) is 34.2 Å². The molecule has 0 aromatic heterocycles. The van der Waals surface area contributed by atoms with Gasteiger partial charge in [0.25, 0.3) is 0 Å². The van der Waals surface area contributed by atoms with Crippen molar-refractivity contribution in [3.05, 3.63) is 0 Å². The lowest BCUT2D eigenvalue weighted by Gasteiger charge is -2.25. The molecule has 4 unspecified atom stereocenters. The van der Waals surface area contributed by atoms with E-state index < -0.39 is 66.8 Å². The quantitative estimate of drug-likeness (QED) is 0.175. The molecule has 0 rings (SSSR count). The predicted octanol–water partition coefficient (Wildman–Crippen LogP) is -3.21. The molecule has 4 atom stereocenters. The number of aliphatic hydroxyl groups is 1. The zero-order valence-corrected chi connectivity index (χ0v) is 16.1. The number of carbonyl (C=O) groups excluding carboxylic acids is 4. The molecule has 0 radical (unpaired) electrons. The molecule has 12 nitrogen and oxygen atoms in total. The lowest BCUT2D eigenvalue weighted by molar-refractivity contribution is -0.143. The summed E-state index contributed by atoms with van der Waals surface area (Å²) in [6, 6.07) is -4.16. The van der Waals surface area contributed by atoms with Gasteiger partial charge in [0.2, 0.25) is 23.6 Å². The molecule has 0 bridgehead atoms. The summed E-state index contributed by atoms with van der Waals surface area (Å²) in [7, 11) is 0. The van der Waals surface area contributed by atoms with Crippen LogP contribution in [0.1, 0.15) is 33.6 Å². The van der Waals surface area contributed by atoms with E-state index in [0.29, 0.717) is 0 Å². The van der Waals surface area contributed by atoms with Gasteiger partial charge < -0.3 is 37.6 Å². The predicted molar refractivity (Wildman–Crippen MR) is 97.4 cm³/mol. The Bertz CT molecular complexity index is 594. The first-order chi connectivity index (χ1) is 12.9. The van der Waals surface area contributed by atoms with Crippen LogP contribution in [0.25, 0.3) is 0 Å². The van der Waals surface area contributed by atoms with E-state index >= 15 is 0 Å². The molecule has 4 amide bonds. The van der Waals surface area contributed by atoms with Gasteiger partial charge in [0.05, 0.1) is 19.1 Å². The molecule has 12 heteroatoms. The summed E-state index contributed by atoms with van der Waals surface area (Å²) < 4.78 is 0. The van der Waals surface area contributed by atoms with Gasteiger partial charge in [-0.05, 0) is 19.3 Å². The molecule has 0 aromatic carbocycles. The van der Waals surface area contributed by atoms with E-state index in [1.807, 2.05) is 0 Å². The van der Waals surface area contributed by atoms with Crippen LogP contribution in [0, 0.1) is 5.92 Å². The third-order valence-electron chi connectivity index (χ3n) is 3.63. The number of carboxylic acid groups (broad SMARTS) is 1. The molecule has 28 heavy (non-hydrogen) atoms. The maximum atomic E-state index is 12.4. The molecule has 0 heterocycles. The second-order valence-corrected chi connectivity index (χ2v) is 6.75. The fourth-order valence-corrected chi connectivity index (χ4v) is 2.27. The van der Waals surface area contributed by atoms with E-state index in [1.54, 1.807) is 13.8 Å². The summed E-state index contributed by atoms with van der Waals surface area (Å²) in [5, 5.41) is 25.5. The average Bonchev–Trinajstić information content (AvgIpc) is 2.56. The summed E-state index contributed by atoms with van der Waals surface area (Å²) >= 11 is 0. The topological polar surface area (TPSA) is 214 Å². The largest absolute Gasteiger partial charge is 0.480 e. The Kier molecular flexibility index (Phi) is 10.7. The monoisotopic (exact) mass is 403 g/mol. The Labute approximate surface area is 162 Å². The molecular formula is C16H29N5O7. The number of carbonyl (C=O) groups is 5. The average molecular weight is 403 g/mol. The van der Waals surface area contributed by atoms with Gasteiger partial charge >= 0.3 is 5.97 Å². The summed E-state index contributed by atoms with van der Waals surface area (Å²) in [5.74, 6) is -4.86. The number of amides is 4.